The molecule has 0 atom stereocenters. The smallest absolute Gasteiger partial charge is 0.232 e. The monoisotopic (exact) mass is 254 g/mol. The van der Waals surface area contributed by atoms with Crippen LogP contribution in [0.1, 0.15) is 16.1 Å². The van der Waals surface area contributed by atoms with E-state index in [0.717, 1.165) is 0 Å². The molecular weight excluding hydrogens is 244 g/mol. The van der Waals surface area contributed by atoms with E-state index in [0.29, 0.717) is 10.9 Å². The number of furan rings is 1. The Kier molecular flexibility index (Phi) is 2.49. The van der Waals surface area contributed by atoms with Gasteiger partial charge >= 0.3 is 0 Å². The second-order valence-corrected chi connectivity index (χ2v) is 4.16. The predicted octanol–water partition coefficient (Wildman–Crippen LogP) is 3.08. The molecule has 4 nitrogen and oxygen atoms in total. The van der Waals surface area contributed by atoms with Crippen molar-refractivity contribution in [2.24, 2.45) is 0 Å². The Morgan fingerprint density at radius 1 is 1.00 bits per heavy atom. The molecule has 0 fully saturated rings. The fraction of sp³-hybridized carbons (Fsp3) is 0. The first-order valence-electron chi connectivity index (χ1n) is 5.71. The van der Waals surface area contributed by atoms with E-state index >= 15 is 0 Å². The second kappa shape index (κ2) is 4.17. The van der Waals surface area contributed by atoms with Gasteiger partial charge in [0.15, 0.2) is 5.75 Å². The third-order valence-corrected chi connectivity index (χ3v) is 2.89. The highest BCUT2D eigenvalue weighted by molar-refractivity contribution is 6.11. The lowest BCUT2D eigenvalue weighted by molar-refractivity contribution is 0.101. The van der Waals surface area contributed by atoms with Crippen LogP contribution in [0.3, 0.4) is 0 Å². The third-order valence-electron chi connectivity index (χ3n) is 2.89. The molecular formula is C15H10O4. The summed E-state index contributed by atoms with van der Waals surface area (Å²) in [5.74, 6) is -0.704. The zero-order valence-electron chi connectivity index (χ0n) is 9.83. The van der Waals surface area contributed by atoms with Crippen LogP contribution in [0.2, 0.25) is 0 Å². The Labute approximate surface area is 108 Å². The van der Waals surface area contributed by atoms with Crippen molar-refractivity contribution in [2.75, 3.05) is 0 Å². The molecule has 2 aromatic carbocycles. The molecule has 0 amide bonds. The molecule has 0 unspecified atom stereocenters. The van der Waals surface area contributed by atoms with Crippen molar-refractivity contribution < 1.29 is 19.4 Å². The summed E-state index contributed by atoms with van der Waals surface area (Å²) < 4.78 is 5.34. The topological polar surface area (TPSA) is 70.7 Å². The fourth-order valence-corrected chi connectivity index (χ4v) is 1.95. The Morgan fingerprint density at radius 2 is 1.74 bits per heavy atom. The zero-order chi connectivity index (χ0) is 13.4. The Balaban J connectivity index is 2.16. The van der Waals surface area contributed by atoms with Crippen molar-refractivity contribution in [1.29, 1.82) is 0 Å². The normalized spacial score (nSPS) is 10.7. The number of phenolic OH excluding ortho intramolecular Hbond substituents is 1. The van der Waals surface area contributed by atoms with Crippen LogP contribution in [0.5, 0.6) is 11.5 Å². The van der Waals surface area contributed by atoms with Gasteiger partial charge in [-0.3, -0.25) is 4.79 Å². The summed E-state index contributed by atoms with van der Waals surface area (Å²) in [4.78, 5) is 12.2. The summed E-state index contributed by atoms with van der Waals surface area (Å²) in [7, 11) is 0. The van der Waals surface area contributed by atoms with E-state index in [1.54, 1.807) is 30.3 Å². The van der Waals surface area contributed by atoms with Gasteiger partial charge in [-0.1, -0.05) is 30.3 Å². The number of aromatic hydroxyl groups is 2. The Hall–Kier alpha value is -2.75. The summed E-state index contributed by atoms with van der Waals surface area (Å²) in [5, 5.41) is 19.8. The average Bonchev–Trinajstić information content (AvgIpc) is 2.75. The van der Waals surface area contributed by atoms with Crippen LogP contribution in [0.25, 0.3) is 11.0 Å². The number of ketones is 1. The number of hydrogen-bond donors (Lipinski definition) is 2. The first-order valence-corrected chi connectivity index (χ1v) is 5.71. The van der Waals surface area contributed by atoms with Gasteiger partial charge in [0.25, 0.3) is 0 Å². The number of carbonyl (C=O) groups excluding carboxylic acids is 1. The van der Waals surface area contributed by atoms with Gasteiger partial charge in [0.05, 0.1) is 5.39 Å². The van der Waals surface area contributed by atoms with Crippen LogP contribution in [0.4, 0.5) is 0 Å². The van der Waals surface area contributed by atoms with Crippen LogP contribution in [0.15, 0.2) is 52.9 Å². The van der Waals surface area contributed by atoms with Gasteiger partial charge in [0.2, 0.25) is 11.5 Å². The maximum Gasteiger partial charge on any atom is 0.232 e. The van der Waals surface area contributed by atoms with E-state index < -0.39 is 5.78 Å². The number of fused-ring (bicyclic) bond motifs is 1. The zero-order valence-corrected chi connectivity index (χ0v) is 9.83. The first kappa shape index (κ1) is 11.3. The minimum Gasteiger partial charge on any atom is -0.508 e. The average molecular weight is 254 g/mol. The van der Waals surface area contributed by atoms with Gasteiger partial charge in [-0.05, 0) is 12.1 Å². The fourth-order valence-electron chi connectivity index (χ4n) is 1.95. The number of phenols is 1. The summed E-state index contributed by atoms with van der Waals surface area (Å²) in [5.41, 5.74) is 0.706. The van der Waals surface area contributed by atoms with E-state index in [9.17, 15) is 15.0 Å². The van der Waals surface area contributed by atoms with Gasteiger partial charge in [-0.25, -0.2) is 0 Å². The molecule has 0 aliphatic rings. The highest BCUT2D eigenvalue weighted by atomic mass is 16.4. The molecule has 3 aromatic rings. The molecule has 2 N–H and O–H groups in total. The molecule has 19 heavy (non-hydrogen) atoms. The number of carbonyl (C=O) groups is 1. The van der Waals surface area contributed by atoms with Crippen LogP contribution < -0.4 is 0 Å². The second-order valence-electron chi connectivity index (χ2n) is 4.16. The van der Waals surface area contributed by atoms with Crippen molar-refractivity contribution >= 4 is 16.8 Å². The Bertz CT molecular complexity index is 756. The molecule has 94 valence electrons. The minimum atomic E-state index is -0.395. The number of hydrogen-bond acceptors (Lipinski definition) is 4. The standard InChI is InChI=1S/C15H10O4/c16-10-6-7-11-12(8-10)19-15(14(11)18)13(17)9-4-2-1-3-5-9/h1-8,16,18H. The number of rotatable bonds is 2. The quantitative estimate of drug-likeness (QED) is 0.689. The molecule has 4 heteroatoms. The summed E-state index contributed by atoms with van der Waals surface area (Å²) in [6, 6.07) is 12.8. The van der Waals surface area contributed by atoms with E-state index in [4.69, 9.17) is 4.42 Å². The summed E-state index contributed by atoms with van der Waals surface area (Å²) >= 11 is 0. The van der Waals surface area contributed by atoms with Crippen LogP contribution in [-0.2, 0) is 0 Å². The lowest BCUT2D eigenvalue weighted by Crippen LogP contribution is -1.99. The van der Waals surface area contributed by atoms with Crippen LogP contribution >= 0.6 is 0 Å². The van der Waals surface area contributed by atoms with Gasteiger partial charge in [0, 0.05) is 11.6 Å². The third kappa shape index (κ3) is 1.83. The van der Waals surface area contributed by atoms with Crippen molar-refractivity contribution in [3.05, 3.63) is 59.9 Å². The van der Waals surface area contributed by atoms with E-state index in [1.165, 1.54) is 18.2 Å². The molecule has 1 aromatic heterocycles. The molecule has 3 rings (SSSR count). The SMILES string of the molecule is O=C(c1ccccc1)c1oc2cc(O)ccc2c1O. The minimum absolute atomic E-state index is 0.0139. The lowest BCUT2D eigenvalue weighted by atomic mass is 10.1. The molecule has 0 saturated heterocycles. The van der Waals surface area contributed by atoms with E-state index in [2.05, 4.69) is 0 Å². The molecule has 1 heterocycles. The lowest BCUT2D eigenvalue weighted by Gasteiger charge is -1.97. The molecule has 0 aliphatic carbocycles. The van der Waals surface area contributed by atoms with E-state index in [1.807, 2.05) is 0 Å². The Morgan fingerprint density at radius 3 is 2.47 bits per heavy atom. The van der Waals surface area contributed by atoms with Gasteiger partial charge in [-0.15, -0.1) is 0 Å². The van der Waals surface area contributed by atoms with Gasteiger partial charge < -0.3 is 14.6 Å². The van der Waals surface area contributed by atoms with Crippen molar-refractivity contribution in [3.63, 3.8) is 0 Å². The van der Waals surface area contributed by atoms with Crippen molar-refractivity contribution in [2.45, 2.75) is 0 Å². The maximum atomic E-state index is 12.2. The molecule has 0 spiro atoms. The van der Waals surface area contributed by atoms with E-state index in [-0.39, 0.29) is 22.8 Å². The maximum absolute atomic E-state index is 12.2. The summed E-state index contributed by atoms with van der Waals surface area (Å²) in [6.07, 6.45) is 0. The van der Waals surface area contributed by atoms with Crippen LogP contribution in [0, 0.1) is 0 Å². The van der Waals surface area contributed by atoms with Crippen LogP contribution in [-0.4, -0.2) is 16.0 Å². The molecule has 0 radical (unpaired) electrons. The summed E-state index contributed by atoms with van der Waals surface area (Å²) in [6.45, 7) is 0. The molecule has 0 aliphatic heterocycles. The van der Waals surface area contributed by atoms with Gasteiger partial charge in [-0.2, -0.15) is 0 Å². The largest absolute Gasteiger partial charge is 0.508 e. The van der Waals surface area contributed by atoms with Crippen molar-refractivity contribution in [3.8, 4) is 11.5 Å². The molecule has 0 bridgehead atoms. The highest BCUT2D eigenvalue weighted by Crippen LogP contribution is 2.35. The highest BCUT2D eigenvalue weighted by Gasteiger charge is 2.21. The van der Waals surface area contributed by atoms with Gasteiger partial charge in [0.1, 0.15) is 11.3 Å². The molecule has 0 saturated carbocycles. The van der Waals surface area contributed by atoms with Crippen molar-refractivity contribution in [1.82, 2.24) is 0 Å². The predicted molar refractivity (Wildman–Crippen MR) is 69.4 cm³/mol. The number of benzene rings is 2. The first-order chi connectivity index (χ1) is 9.16.